The summed E-state index contributed by atoms with van der Waals surface area (Å²) >= 11 is 0. The molecule has 6 nitrogen and oxygen atoms in total. The van der Waals surface area contributed by atoms with E-state index in [9.17, 15) is 14.4 Å². The van der Waals surface area contributed by atoms with E-state index in [1.165, 1.54) is 7.11 Å². The highest BCUT2D eigenvalue weighted by Gasteiger charge is 2.37. The molecular formula is C17H29NO5. The fourth-order valence-electron chi connectivity index (χ4n) is 3.10. The number of esters is 1. The van der Waals surface area contributed by atoms with Gasteiger partial charge in [-0.15, -0.1) is 0 Å². The molecule has 1 saturated heterocycles. The Hall–Kier alpha value is -1.59. The first-order valence-electron chi connectivity index (χ1n) is 8.21. The van der Waals surface area contributed by atoms with Gasteiger partial charge in [-0.3, -0.25) is 9.59 Å². The zero-order chi connectivity index (χ0) is 17.6. The number of piperidine rings is 1. The topological polar surface area (TPSA) is 72.9 Å². The molecule has 0 bridgehead atoms. The van der Waals surface area contributed by atoms with Crippen molar-refractivity contribution in [2.45, 2.75) is 59.4 Å². The second-order valence-corrected chi connectivity index (χ2v) is 7.25. The highest BCUT2D eigenvalue weighted by Crippen LogP contribution is 2.33. The van der Waals surface area contributed by atoms with E-state index < -0.39 is 5.97 Å². The van der Waals surface area contributed by atoms with Crippen molar-refractivity contribution in [3.05, 3.63) is 0 Å². The van der Waals surface area contributed by atoms with Crippen molar-refractivity contribution in [1.82, 2.24) is 4.90 Å². The Morgan fingerprint density at radius 1 is 1.22 bits per heavy atom. The summed E-state index contributed by atoms with van der Waals surface area (Å²) in [4.78, 5) is 37.5. The van der Waals surface area contributed by atoms with Crippen LogP contribution in [0.3, 0.4) is 0 Å². The SMILES string of the molecule is CCOC(=O)CC(=O)[C@H]1CCN(C(=O)OC)[C@@H](CC(C)(C)C)C1. The monoisotopic (exact) mass is 327 g/mol. The summed E-state index contributed by atoms with van der Waals surface area (Å²) in [7, 11) is 1.37. The van der Waals surface area contributed by atoms with Crippen LogP contribution in [0, 0.1) is 11.3 Å². The average molecular weight is 327 g/mol. The van der Waals surface area contributed by atoms with Crippen molar-refractivity contribution >= 4 is 17.8 Å². The molecule has 132 valence electrons. The van der Waals surface area contributed by atoms with Crippen LogP contribution in [0.15, 0.2) is 0 Å². The van der Waals surface area contributed by atoms with Crippen LogP contribution in [0.25, 0.3) is 0 Å². The van der Waals surface area contributed by atoms with Crippen molar-refractivity contribution in [2.75, 3.05) is 20.3 Å². The molecule has 0 aromatic heterocycles. The predicted octanol–water partition coefficient (Wildman–Crippen LogP) is 2.79. The molecule has 1 heterocycles. The summed E-state index contributed by atoms with van der Waals surface area (Å²) in [5, 5.41) is 0. The lowest BCUT2D eigenvalue weighted by Crippen LogP contribution is -2.49. The van der Waals surface area contributed by atoms with Gasteiger partial charge in [0.2, 0.25) is 0 Å². The van der Waals surface area contributed by atoms with E-state index >= 15 is 0 Å². The minimum absolute atomic E-state index is 0.0308. The zero-order valence-corrected chi connectivity index (χ0v) is 14.9. The van der Waals surface area contributed by atoms with Crippen molar-refractivity contribution in [2.24, 2.45) is 11.3 Å². The molecule has 0 aromatic rings. The van der Waals surface area contributed by atoms with Gasteiger partial charge in [0, 0.05) is 18.5 Å². The van der Waals surface area contributed by atoms with Crippen LogP contribution in [0.5, 0.6) is 0 Å². The van der Waals surface area contributed by atoms with Gasteiger partial charge in [0.05, 0.1) is 13.7 Å². The van der Waals surface area contributed by atoms with Crippen LogP contribution >= 0.6 is 0 Å². The van der Waals surface area contributed by atoms with E-state index in [1.807, 2.05) is 0 Å². The number of hydrogen-bond donors (Lipinski definition) is 0. The molecule has 1 fully saturated rings. The number of rotatable bonds is 5. The van der Waals surface area contributed by atoms with Crippen LogP contribution in [-0.4, -0.2) is 49.0 Å². The van der Waals surface area contributed by atoms with Gasteiger partial charge >= 0.3 is 12.1 Å². The molecule has 1 amide bonds. The highest BCUT2D eigenvalue weighted by atomic mass is 16.5. The first-order valence-corrected chi connectivity index (χ1v) is 8.21. The Bertz CT molecular complexity index is 441. The largest absolute Gasteiger partial charge is 0.466 e. The van der Waals surface area contributed by atoms with Gasteiger partial charge in [0.25, 0.3) is 0 Å². The van der Waals surface area contributed by atoms with Crippen LogP contribution < -0.4 is 0 Å². The quantitative estimate of drug-likeness (QED) is 0.573. The fourth-order valence-corrected chi connectivity index (χ4v) is 3.10. The molecule has 23 heavy (non-hydrogen) atoms. The lowest BCUT2D eigenvalue weighted by molar-refractivity contribution is -0.146. The van der Waals surface area contributed by atoms with Gasteiger partial charge in [-0.05, 0) is 31.6 Å². The van der Waals surface area contributed by atoms with Gasteiger partial charge in [-0.2, -0.15) is 0 Å². The molecule has 1 aliphatic rings. The summed E-state index contributed by atoms with van der Waals surface area (Å²) in [5.41, 5.74) is 0.0308. The van der Waals surface area contributed by atoms with Crippen LogP contribution in [-0.2, 0) is 19.1 Å². The number of hydrogen-bond acceptors (Lipinski definition) is 5. The molecule has 0 aromatic carbocycles. The molecule has 0 saturated carbocycles. The summed E-state index contributed by atoms with van der Waals surface area (Å²) in [6.45, 7) is 8.79. The van der Waals surface area contributed by atoms with Crippen LogP contribution in [0.2, 0.25) is 0 Å². The van der Waals surface area contributed by atoms with E-state index in [0.717, 1.165) is 6.42 Å². The number of likely N-dealkylation sites (tertiary alicyclic amines) is 1. The fraction of sp³-hybridized carbons (Fsp3) is 0.824. The average Bonchev–Trinajstić information content (AvgIpc) is 2.44. The Kier molecular flexibility index (Phi) is 7.03. The van der Waals surface area contributed by atoms with Crippen molar-refractivity contribution < 1.29 is 23.9 Å². The molecular weight excluding hydrogens is 298 g/mol. The standard InChI is InChI=1S/C17H29NO5/c1-6-23-15(20)10-14(19)12-7-8-18(16(21)22-5)13(9-12)11-17(2,3)4/h12-13H,6-11H2,1-5H3/t12-,13+/m0/s1. The number of carbonyl (C=O) groups is 3. The summed E-state index contributed by atoms with van der Waals surface area (Å²) in [5.74, 6) is -0.764. The second-order valence-electron chi connectivity index (χ2n) is 7.25. The van der Waals surface area contributed by atoms with Crippen LogP contribution in [0.1, 0.15) is 53.4 Å². The van der Waals surface area contributed by atoms with E-state index in [1.54, 1.807) is 11.8 Å². The minimum Gasteiger partial charge on any atom is -0.466 e. The molecule has 6 heteroatoms. The second kappa shape index (κ2) is 8.31. The van der Waals surface area contributed by atoms with Crippen molar-refractivity contribution in [3.63, 3.8) is 0 Å². The normalized spacial score (nSPS) is 21.7. The summed E-state index contributed by atoms with van der Waals surface area (Å²) < 4.78 is 9.70. The molecule has 2 atom stereocenters. The molecule has 0 unspecified atom stereocenters. The van der Waals surface area contributed by atoms with Gasteiger partial charge in [-0.25, -0.2) is 4.79 Å². The maximum absolute atomic E-state index is 12.3. The molecule has 0 N–H and O–H groups in total. The van der Waals surface area contributed by atoms with Crippen LogP contribution in [0.4, 0.5) is 4.79 Å². The van der Waals surface area contributed by atoms with E-state index in [0.29, 0.717) is 19.4 Å². The van der Waals surface area contributed by atoms with Gasteiger partial charge in [-0.1, -0.05) is 20.8 Å². The van der Waals surface area contributed by atoms with Crippen molar-refractivity contribution in [3.8, 4) is 0 Å². The Morgan fingerprint density at radius 3 is 2.39 bits per heavy atom. The molecule has 1 aliphatic heterocycles. The van der Waals surface area contributed by atoms with E-state index in [2.05, 4.69) is 20.8 Å². The maximum atomic E-state index is 12.3. The van der Waals surface area contributed by atoms with Crippen molar-refractivity contribution in [1.29, 1.82) is 0 Å². The number of Topliss-reactive ketones (excluding diaryl/α,β-unsaturated/α-hetero) is 1. The Morgan fingerprint density at radius 2 is 1.87 bits per heavy atom. The van der Waals surface area contributed by atoms with Gasteiger partial charge < -0.3 is 14.4 Å². The number of ether oxygens (including phenoxy) is 2. The number of amides is 1. The Labute approximate surface area is 138 Å². The molecule has 0 spiro atoms. The summed E-state index contributed by atoms with van der Waals surface area (Å²) in [6.07, 6.45) is 1.39. The lowest BCUT2D eigenvalue weighted by atomic mass is 9.79. The minimum atomic E-state index is -0.472. The van der Waals surface area contributed by atoms with E-state index in [-0.39, 0.29) is 42.3 Å². The highest BCUT2D eigenvalue weighted by molar-refractivity contribution is 5.96. The number of methoxy groups -OCH3 is 1. The first kappa shape index (κ1) is 19.5. The maximum Gasteiger partial charge on any atom is 0.409 e. The zero-order valence-electron chi connectivity index (χ0n) is 14.9. The van der Waals surface area contributed by atoms with Gasteiger partial charge in [0.1, 0.15) is 12.2 Å². The first-order chi connectivity index (χ1) is 10.7. The number of ketones is 1. The lowest BCUT2D eigenvalue weighted by Gasteiger charge is -2.40. The number of carbonyl (C=O) groups excluding carboxylic acids is 3. The number of nitrogens with zero attached hydrogens (tertiary/aromatic N) is 1. The Balaban J connectivity index is 2.75. The van der Waals surface area contributed by atoms with Gasteiger partial charge in [0.15, 0.2) is 0 Å². The van der Waals surface area contributed by atoms with E-state index in [4.69, 9.17) is 9.47 Å². The molecule has 0 radical (unpaired) electrons. The predicted molar refractivity (Wildman–Crippen MR) is 86.0 cm³/mol. The summed E-state index contributed by atoms with van der Waals surface area (Å²) in [6, 6.07) is -0.0488. The molecule has 1 rings (SSSR count). The molecule has 0 aliphatic carbocycles. The smallest absolute Gasteiger partial charge is 0.409 e. The third-order valence-electron chi connectivity index (χ3n) is 4.05. The third kappa shape index (κ3) is 6.20. The third-order valence-corrected chi connectivity index (χ3v) is 4.05.